The van der Waals surface area contributed by atoms with Gasteiger partial charge in [-0.2, -0.15) is 0 Å². The van der Waals surface area contributed by atoms with Crippen molar-refractivity contribution in [3.8, 4) is 5.75 Å². The molecule has 0 saturated carbocycles. The lowest BCUT2D eigenvalue weighted by Crippen LogP contribution is -2.44. The lowest BCUT2D eigenvalue weighted by molar-refractivity contribution is -0.275. The lowest BCUT2D eigenvalue weighted by atomic mass is 9.77. The fourth-order valence-corrected chi connectivity index (χ4v) is 2.27. The first kappa shape index (κ1) is 17.1. The zero-order chi connectivity index (χ0) is 16.2. The molecule has 0 radical (unpaired) electrons. The number of benzene rings is 1. The van der Waals surface area contributed by atoms with Gasteiger partial charge >= 0.3 is 13.5 Å². The molecule has 1 aliphatic rings. The molecule has 0 bridgehead atoms. The molecule has 0 aliphatic carbocycles. The van der Waals surface area contributed by atoms with Crippen LogP contribution in [0.2, 0.25) is 0 Å². The molecule has 0 N–H and O–H groups in total. The Labute approximate surface area is 126 Å². The maximum Gasteiger partial charge on any atom is 0.573 e. The fraction of sp³-hybridized carbons (Fsp3) is 0.571. The largest absolute Gasteiger partial charge is 0.573 e. The Hall–Kier alpha value is -1.28. The Morgan fingerprint density at radius 1 is 1.27 bits per heavy atom. The van der Waals surface area contributed by atoms with Crippen molar-refractivity contribution in [2.75, 3.05) is 13.2 Å². The van der Waals surface area contributed by atoms with E-state index < -0.39 is 25.0 Å². The molecule has 0 atom stereocenters. The number of hydrogen-bond acceptors (Lipinski definition) is 3. The summed E-state index contributed by atoms with van der Waals surface area (Å²) in [6.07, 6.45) is -1.76. The number of unbranched alkanes of at least 4 members (excludes halogenated alkanes) is 1. The Morgan fingerprint density at radius 3 is 2.50 bits per heavy atom. The van der Waals surface area contributed by atoms with Gasteiger partial charge in [-0.05, 0) is 24.0 Å². The highest BCUT2D eigenvalue weighted by Crippen LogP contribution is 2.25. The van der Waals surface area contributed by atoms with Crippen molar-refractivity contribution in [2.24, 2.45) is 5.92 Å². The second-order valence-electron chi connectivity index (χ2n) is 5.24. The zero-order valence-electron chi connectivity index (χ0n) is 12.2. The molecule has 2 rings (SSSR count). The van der Waals surface area contributed by atoms with Crippen LogP contribution in [0, 0.1) is 11.7 Å². The zero-order valence-corrected chi connectivity index (χ0v) is 12.2. The molecular weight excluding hydrogens is 303 g/mol. The SMILES string of the molecule is CCCCC1COB(c2ccc(OC(F)(F)F)c(F)c2)OC1. The van der Waals surface area contributed by atoms with Crippen LogP contribution in [0.1, 0.15) is 26.2 Å². The highest BCUT2D eigenvalue weighted by atomic mass is 19.4. The third-order valence-corrected chi connectivity index (χ3v) is 3.39. The Morgan fingerprint density at radius 2 is 1.95 bits per heavy atom. The van der Waals surface area contributed by atoms with Crippen molar-refractivity contribution < 1.29 is 31.6 Å². The minimum Gasteiger partial charge on any atom is -0.407 e. The molecule has 1 saturated heterocycles. The van der Waals surface area contributed by atoms with Crippen LogP contribution in [0.25, 0.3) is 0 Å². The Kier molecular flexibility index (Phi) is 5.69. The van der Waals surface area contributed by atoms with E-state index in [1.807, 2.05) is 0 Å². The standard InChI is InChI=1S/C14H17BF4O3/c1-2-3-4-10-8-20-15(21-9-10)11-5-6-13(12(16)7-11)22-14(17,18)19/h5-7,10H,2-4,8-9H2,1H3. The van der Waals surface area contributed by atoms with Crippen molar-refractivity contribution >= 4 is 12.6 Å². The fourth-order valence-electron chi connectivity index (χ4n) is 2.27. The Balaban J connectivity index is 1.95. The summed E-state index contributed by atoms with van der Waals surface area (Å²) in [6.45, 7) is 3.08. The van der Waals surface area contributed by atoms with Crippen LogP contribution < -0.4 is 10.2 Å². The van der Waals surface area contributed by atoms with E-state index in [1.54, 1.807) is 0 Å². The van der Waals surface area contributed by atoms with Gasteiger partial charge < -0.3 is 14.0 Å². The van der Waals surface area contributed by atoms with Gasteiger partial charge in [-0.25, -0.2) is 4.39 Å². The maximum absolute atomic E-state index is 13.6. The molecule has 1 aliphatic heterocycles. The van der Waals surface area contributed by atoms with Gasteiger partial charge in [0, 0.05) is 19.1 Å². The minimum absolute atomic E-state index is 0.300. The monoisotopic (exact) mass is 320 g/mol. The van der Waals surface area contributed by atoms with Crippen LogP contribution >= 0.6 is 0 Å². The summed E-state index contributed by atoms with van der Waals surface area (Å²) in [4.78, 5) is 0. The second-order valence-corrected chi connectivity index (χ2v) is 5.24. The van der Waals surface area contributed by atoms with E-state index >= 15 is 0 Å². The summed E-state index contributed by atoms with van der Waals surface area (Å²) >= 11 is 0. The first-order chi connectivity index (χ1) is 10.4. The predicted molar refractivity (Wildman–Crippen MR) is 73.4 cm³/mol. The van der Waals surface area contributed by atoms with Gasteiger partial charge in [0.2, 0.25) is 0 Å². The van der Waals surface area contributed by atoms with Crippen LogP contribution in [0.4, 0.5) is 17.6 Å². The average Bonchev–Trinajstić information content (AvgIpc) is 2.46. The lowest BCUT2D eigenvalue weighted by Gasteiger charge is -2.27. The molecule has 1 aromatic carbocycles. The predicted octanol–water partition coefficient (Wildman–Crippen LogP) is 3.27. The van der Waals surface area contributed by atoms with E-state index in [1.165, 1.54) is 6.07 Å². The van der Waals surface area contributed by atoms with Crippen LogP contribution in [0.15, 0.2) is 18.2 Å². The number of hydrogen-bond donors (Lipinski definition) is 0. The molecule has 1 aromatic rings. The molecule has 0 unspecified atom stereocenters. The van der Waals surface area contributed by atoms with Gasteiger partial charge in [-0.1, -0.05) is 25.8 Å². The van der Waals surface area contributed by atoms with Crippen molar-refractivity contribution in [3.63, 3.8) is 0 Å². The van der Waals surface area contributed by atoms with Crippen molar-refractivity contribution in [2.45, 2.75) is 32.5 Å². The first-order valence-corrected chi connectivity index (χ1v) is 7.17. The highest BCUT2D eigenvalue weighted by Gasteiger charge is 2.34. The number of ether oxygens (including phenoxy) is 1. The van der Waals surface area contributed by atoms with E-state index in [4.69, 9.17) is 9.31 Å². The van der Waals surface area contributed by atoms with Crippen molar-refractivity contribution in [1.82, 2.24) is 0 Å². The van der Waals surface area contributed by atoms with E-state index in [-0.39, 0.29) is 0 Å². The number of rotatable bonds is 5. The quantitative estimate of drug-likeness (QED) is 0.616. The van der Waals surface area contributed by atoms with E-state index in [0.717, 1.165) is 31.4 Å². The number of halogens is 4. The molecule has 0 aromatic heterocycles. The van der Waals surface area contributed by atoms with Gasteiger partial charge in [0.15, 0.2) is 11.6 Å². The molecule has 1 fully saturated rings. The summed E-state index contributed by atoms with van der Waals surface area (Å²) in [5.74, 6) is -1.67. The molecule has 3 nitrogen and oxygen atoms in total. The topological polar surface area (TPSA) is 27.7 Å². The molecular formula is C14H17BF4O3. The summed E-state index contributed by atoms with van der Waals surface area (Å²) in [6, 6.07) is 3.17. The van der Waals surface area contributed by atoms with Gasteiger partial charge in [0.25, 0.3) is 0 Å². The summed E-state index contributed by atoms with van der Waals surface area (Å²) in [5, 5.41) is 0. The Bertz CT molecular complexity index is 487. The van der Waals surface area contributed by atoms with Gasteiger partial charge in [-0.15, -0.1) is 13.2 Å². The first-order valence-electron chi connectivity index (χ1n) is 7.17. The maximum atomic E-state index is 13.6. The molecule has 122 valence electrons. The molecule has 8 heteroatoms. The van der Waals surface area contributed by atoms with Crippen LogP contribution in [0.5, 0.6) is 5.75 Å². The van der Waals surface area contributed by atoms with E-state index in [2.05, 4.69) is 11.7 Å². The van der Waals surface area contributed by atoms with Gasteiger partial charge in [0.05, 0.1) is 0 Å². The van der Waals surface area contributed by atoms with Crippen molar-refractivity contribution in [1.29, 1.82) is 0 Å². The molecule has 1 heterocycles. The van der Waals surface area contributed by atoms with E-state index in [9.17, 15) is 17.6 Å². The third-order valence-electron chi connectivity index (χ3n) is 3.39. The average molecular weight is 320 g/mol. The third kappa shape index (κ3) is 4.88. The summed E-state index contributed by atoms with van der Waals surface area (Å²) < 4.78 is 64.5. The van der Waals surface area contributed by atoms with Gasteiger partial charge in [-0.3, -0.25) is 0 Å². The van der Waals surface area contributed by atoms with Gasteiger partial charge in [0.1, 0.15) is 0 Å². The van der Waals surface area contributed by atoms with E-state index in [0.29, 0.717) is 24.6 Å². The molecule has 22 heavy (non-hydrogen) atoms. The molecule has 0 spiro atoms. The minimum atomic E-state index is -4.92. The number of alkyl halides is 3. The normalized spacial score (nSPS) is 16.9. The van der Waals surface area contributed by atoms with Crippen LogP contribution in [-0.2, 0) is 9.31 Å². The molecule has 0 amide bonds. The van der Waals surface area contributed by atoms with Crippen molar-refractivity contribution in [3.05, 3.63) is 24.0 Å². The highest BCUT2D eigenvalue weighted by molar-refractivity contribution is 6.61. The van der Waals surface area contributed by atoms with Crippen LogP contribution in [0.3, 0.4) is 0 Å². The summed E-state index contributed by atoms with van der Waals surface area (Å²) in [7, 11) is -0.757. The smallest absolute Gasteiger partial charge is 0.407 e. The second kappa shape index (κ2) is 7.33. The summed E-state index contributed by atoms with van der Waals surface area (Å²) in [5.41, 5.74) is 0.334. The van der Waals surface area contributed by atoms with Crippen LogP contribution in [-0.4, -0.2) is 26.7 Å².